The molecule has 0 atom stereocenters. The van der Waals surface area contributed by atoms with Crippen LogP contribution in [-0.2, 0) is 19.8 Å². The molecule has 5 nitrogen and oxygen atoms in total. The van der Waals surface area contributed by atoms with Crippen molar-refractivity contribution < 1.29 is 35.0 Å². The number of ether oxygens (including phenoxy) is 1. The van der Waals surface area contributed by atoms with Gasteiger partial charge in [-0.1, -0.05) is 12.1 Å². The smallest absolute Gasteiger partial charge is 0.372 e. The standard InChI is InChI=1S/C11H11F4NO4S/c12-11(13,14)7-20-6-5-10(17)16-8-3-1-2-4-9(8)21(15,18)19/h1-4H,5-7H2,(H,16,17). The van der Waals surface area contributed by atoms with Crippen molar-refractivity contribution in [3.05, 3.63) is 24.3 Å². The van der Waals surface area contributed by atoms with E-state index >= 15 is 0 Å². The maximum absolute atomic E-state index is 12.9. The number of carbonyl (C=O) groups excluding carboxylic acids is 1. The van der Waals surface area contributed by atoms with Crippen molar-refractivity contribution in [3.8, 4) is 0 Å². The lowest BCUT2D eigenvalue weighted by atomic mass is 10.3. The van der Waals surface area contributed by atoms with Crippen LogP contribution in [0, 0.1) is 0 Å². The van der Waals surface area contributed by atoms with Gasteiger partial charge in [-0.2, -0.15) is 21.6 Å². The van der Waals surface area contributed by atoms with Crippen LogP contribution in [0.5, 0.6) is 0 Å². The molecule has 1 aromatic carbocycles. The minimum atomic E-state index is -5.02. The van der Waals surface area contributed by atoms with Gasteiger partial charge < -0.3 is 10.1 Å². The summed E-state index contributed by atoms with van der Waals surface area (Å²) in [4.78, 5) is 10.7. The van der Waals surface area contributed by atoms with Crippen molar-refractivity contribution in [2.75, 3.05) is 18.5 Å². The number of carbonyl (C=O) groups is 1. The van der Waals surface area contributed by atoms with E-state index in [1.165, 1.54) is 12.1 Å². The van der Waals surface area contributed by atoms with Gasteiger partial charge in [-0.15, -0.1) is 3.89 Å². The van der Waals surface area contributed by atoms with E-state index in [-0.39, 0.29) is 5.69 Å². The van der Waals surface area contributed by atoms with Crippen LogP contribution in [0.15, 0.2) is 29.2 Å². The Morgan fingerprint density at radius 2 is 1.86 bits per heavy atom. The Labute approximate surface area is 118 Å². The van der Waals surface area contributed by atoms with E-state index < -0.39 is 46.8 Å². The molecule has 0 bridgehead atoms. The van der Waals surface area contributed by atoms with Gasteiger partial charge in [0.15, 0.2) is 0 Å². The molecule has 10 heteroatoms. The lowest BCUT2D eigenvalue weighted by Gasteiger charge is -2.09. The monoisotopic (exact) mass is 329 g/mol. The van der Waals surface area contributed by atoms with Crippen LogP contribution < -0.4 is 5.32 Å². The highest BCUT2D eigenvalue weighted by atomic mass is 32.3. The molecule has 0 radical (unpaired) electrons. The fourth-order valence-electron chi connectivity index (χ4n) is 1.35. The molecule has 1 N–H and O–H groups in total. The second-order valence-corrected chi connectivity index (χ2v) is 5.22. The number of amides is 1. The maximum atomic E-state index is 12.9. The third-order valence-electron chi connectivity index (χ3n) is 2.16. The number of nitrogens with one attached hydrogen (secondary N) is 1. The number of benzene rings is 1. The molecule has 0 aromatic heterocycles. The number of halogens is 4. The van der Waals surface area contributed by atoms with Crippen LogP contribution in [0.1, 0.15) is 6.42 Å². The van der Waals surface area contributed by atoms with Crippen molar-refractivity contribution in [3.63, 3.8) is 0 Å². The molecular weight excluding hydrogens is 318 g/mol. The second-order valence-electron chi connectivity index (χ2n) is 3.90. The Bertz CT molecular complexity index is 600. The van der Waals surface area contributed by atoms with E-state index in [0.717, 1.165) is 12.1 Å². The van der Waals surface area contributed by atoms with Gasteiger partial charge in [0, 0.05) is 0 Å². The fourth-order valence-corrected chi connectivity index (χ4v) is 1.97. The van der Waals surface area contributed by atoms with Crippen molar-refractivity contribution in [1.82, 2.24) is 0 Å². The van der Waals surface area contributed by atoms with Crippen molar-refractivity contribution in [2.45, 2.75) is 17.5 Å². The SMILES string of the molecule is O=C(CCOCC(F)(F)F)Nc1ccccc1S(=O)(=O)F. The molecule has 0 unspecified atom stereocenters. The highest BCUT2D eigenvalue weighted by Gasteiger charge is 2.27. The Hall–Kier alpha value is -1.68. The van der Waals surface area contributed by atoms with Crippen LogP contribution in [0.3, 0.4) is 0 Å². The van der Waals surface area contributed by atoms with Crippen molar-refractivity contribution in [1.29, 1.82) is 0 Å². The molecule has 0 spiro atoms. The van der Waals surface area contributed by atoms with E-state index in [4.69, 9.17) is 0 Å². The van der Waals surface area contributed by atoms with Crippen LogP contribution in [0.2, 0.25) is 0 Å². The summed E-state index contributed by atoms with van der Waals surface area (Å²) in [6.07, 6.45) is -4.93. The van der Waals surface area contributed by atoms with Gasteiger partial charge in [0.1, 0.15) is 11.5 Å². The minimum absolute atomic E-state index is 0.291. The molecule has 0 saturated carbocycles. The first-order chi connectivity index (χ1) is 9.59. The van der Waals surface area contributed by atoms with Gasteiger partial charge in [-0.25, -0.2) is 0 Å². The third-order valence-corrected chi connectivity index (χ3v) is 3.04. The molecule has 1 amide bonds. The summed E-state index contributed by atoms with van der Waals surface area (Å²) < 4.78 is 74.2. The topological polar surface area (TPSA) is 72.5 Å². The lowest BCUT2D eigenvalue weighted by molar-refractivity contribution is -0.174. The molecule has 0 aliphatic heterocycles. The lowest BCUT2D eigenvalue weighted by Crippen LogP contribution is -2.20. The maximum Gasteiger partial charge on any atom is 0.411 e. The largest absolute Gasteiger partial charge is 0.411 e. The molecule has 118 valence electrons. The Morgan fingerprint density at radius 3 is 2.43 bits per heavy atom. The number of alkyl halides is 3. The van der Waals surface area contributed by atoms with Gasteiger partial charge in [0.05, 0.1) is 18.7 Å². The molecular formula is C11H11F4NO4S. The molecule has 0 aliphatic carbocycles. The minimum Gasteiger partial charge on any atom is -0.372 e. The quantitative estimate of drug-likeness (QED) is 0.494. The van der Waals surface area contributed by atoms with Crippen molar-refractivity contribution >= 4 is 21.8 Å². The third kappa shape index (κ3) is 6.54. The van der Waals surface area contributed by atoms with Crippen molar-refractivity contribution in [2.24, 2.45) is 0 Å². The first kappa shape index (κ1) is 17.4. The van der Waals surface area contributed by atoms with E-state index in [1.807, 2.05) is 0 Å². The molecule has 21 heavy (non-hydrogen) atoms. The van der Waals surface area contributed by atoms with E-state index in [9.17, 15) is 30.3 Å². The zero-order valence-corrected chi connectivity index (χ0v) is 11.3. The first-order valence-electron chi connectivity index (χ1n) is 5.57. The van der Waals surface area contributed by atoms with E-state index in [1.54, 1.807) is 0 Å². The van der Waals surface area contributed by atoms with Gasteiger partial charge in [-0.05, 0) is 12.1 Å². The summed E-state index contributed by atoms with van der Waals surface area (Å²) in [5.41, 5.74) is -0.291. The number of anilines is 1. The van der Waals surface area contributed by atoms with Gasteiger partial charge in [-0.3, -0.25) is 4.79 Å². The highest BCUT2D eigenvalue weighted by molar-refractivity contribution is 7.86. The Morgan fingerprint density at radius 1 is 1.24 bits per heavy atom. The summed E-state index contributed by atoms with van der Waals surface area (Å²) >= 11 is 0. The number of hydrogen-bond acceptors (Lipinski definition) is 4. The number of para-hydroxylation sites is 1. The van der Waals surface area contributed by atoms with Crippen LogP contribution in [0.4, 0.5) is 22.7 Å². The van der Waals surface area contributed by atoms with Crippen LogP contribution in [-0.4, -0.2) is 33.7 Å². The first-order valence-corrected chi connectivity index (χ1v) is 6.96. The predicted molar refractivity (Wildman–Crippen MR) is 64.9 cm³/mol. The highest BCUT2D eigenvalue weighted by Crippen LogP contribution is 2.22. The summed E-state index contributed by atoms with van der Waals surface area (Å²) in [7, 11) is -5.02. The van der Waals surface area contributed by atoms with Crippen LogP contribution >= 0.6 is 0 Å². The Kier molecular flexibility index (Phi) is 5.67. The average Bonchev–Trinajstić information content (AvgIpc) is 2.33. The molecule has 1 rings (SSSR count). The number of hydrogen-bond donors (Lipinski definition) is 1. The fraction of sp³-hybridized carbons (Fsp3) is 0.364. The van der Waals surface area contributed by atoms with E-state index in [2.05, 4.69) is 10.1 Å². The molecule has 0 fully saturated rings. The summed E-state index contributed by atoms with van der Waals surface area (Å²) in [6, 6.07) is 4.73. The zero-order valence-electron chi connectivity index (χ0n) is 10.5. The molecule has 1 aromatic rings. The summed E-state index contributed by atoms with van der Waals surface area (Å²) in [6.45, 7) is -1.99. The molecule has 0 aliphatic rings. The van der Waals surface area contributed by atoms with Gasteiger partial charge in [0.25, 0.3) is 0 Å². The number of rotatable bonds is 6. The predicted octanol–water partition coefficient (Wildman–Crippen LogP) is 2.25. The summed E-state index contributed by atoms with van der Waals surface area (Å²) in [5.74, 6) is -0.798. The average molecular weight is 329 g/mol. The van der Waals surface area contributed by atoms with Gasteiger partial charge >= 0.3 is 16.4 Å². The molecule has 0 heterocycles. The van der Waals surface area contributed by atoms with Crippen LogP contribution in [0.25, 0.3) is 0 Å². The normalized spacial score (nSPS) is 12.2. The van der Waals surface area contributed by atoms with Gasteiger partial charge in [0.2, 0.25) is 5.91 Å². The zero-order chi connectivity index (χ0) is 16.1. The Balaban J connectivity index is 2.57. The van der Waals surface area contributed by atoms with E-state index in [0.29, 0.717) is 0 Å². The second kappa shape index (κ2) is 6.85. The summed E-state index contributed by atoms with van der Waals surface area (Å²) in [5, 5.41) is 2.10. The molecule has 0 saturated heterocycles.